The standard InChI is InChI=1S/C13H20ClNO/c1-4-15-11(3)7-8-16-13-9-12(14)6-5-10(13)2/h5-6,9,11,15H,4,7-8H2,1-3H3. The summed E-state index contributed by atoms with van der Waals surface area (Å²) in [5, 5.41) is 4.07. The van der Waals surface area contributed by atoms with Gasteiger partial charge in [-0.15, -0.1) is 0 Å². The van der Waals surface area contributed by atoms with Crippen molar-refractivity contribution in [3.8, 4) is 5.75 Å². The minimum atomic E-state index is 0.490. The van der Waals surface area contributed by atoms with Crippen LogP contribution in [0, 0.1) is 6.92 Å². The van der Waals surface area contributed by atoms with Crippen LogP contribution in [0.4, 0.5) is 0 Å². The zero-order chi connectivity index (χ0) is 12.0. The lowest BCUT2D eigenvalue weighted by molar-refractivity contribution is 0.289. The number of hydrogen-bond acceptors (Lipinski definition) is 2. The molecule has 1 N–H and O–H groups in total. The molecule has 1 aromatic carbocycles. The Morgan fingerprint density at radius 3 is 2.88 bits per heavy atom. The molecular weight excluding hydrogens is 222 g/mol. The van der Waals surface area contributed by atoms with E-state index in [-0.39, 0.29) is 0 Å². The van der Waals surface area contributed by atoms with E-state index in [9.17, 15) is 0 Å². The van der Waals surface area contributed by atoms with Crippen molar-refractivity contribution in [2.45, 2.75) is 33.2 Å². The van der Waals surface area contributed by atoms with E-state index in [4.69, 9.17) is 16.3 Å². The molecule has 0 saturated heterocycles. The van der Waals surface area contributed by atoms with Crippen LogP contribution in [0.3, 0.4) is 0 Å². The first-order valence-corrected chi connectivity index (χ1v) is 6.13. The van der Waals surface area contributed by atoms with Crippen molar-refractivity contribution in [3.63, 3.8) is 0 Å². The predicted molar refractivity (Wildman–Crippen MR) is 69.4 cm³/mol. The Hall–Kier alpha value is -0.730. The second-order valence-electron chi connectivity index (χ2n) is 4.01. The Morgan fingerprint density at radius 1 is 1.44 bits per heavy atom. The number of nitrogens with one attached hydrogen (secondary N) is 1. The Bertz CT molecular complexity index is 328. The molecule has 0 spiro atoms. The first-order valence-electron chi connectivity index (χ1n) is 5.75. The van der Waals surface area contributed by atoms with Gasteiger partial charge < -0.3 is 10.1 Å². The van der Waals surface area contributed by atoms with Crippen LogP contribution >= 0.6 is 11.6 Å². The maximum Gasteiger partial charge on any atom is 0.123 e. The highest BCUT2D eigenvalue weighted by atomic mass is 35.5. The second-order valence-corrected chi connectivity index (χ2v) is 4.44. The van der Waals surface area contributed by atoms with Crippen LogP contribution < -0.4 is 10.1 Å². The van der Waals surface area contributed by atoms with Crippen LogP contribution in [0.5, 0.6) is 5.75 Å². The fourth-order valence-corrected chi connectivity index (χ4v) is 1.69. The lowest BCUT2D eigenvalue weighted by Crippen LogP contribution is -2.27. The predicted octanol–water partition coefficient (Wildman–Crippen LogP) is 3.42. The van der Waals surface area contributed by atoms with Gasteiger partial charge in [0.25, 0.3) is 0 Å². The van der Waals surface area contributed by atoms with Crippen molar-refractivity contribution in [1.82, 2.24) is 5.32 Å². The van der Waals surface area contributed by atoms with Crippen LogP contribution in [0.2, 0.25) is 5.02 Å². The quantitative estimate of drug-likeness (QED) is 0.824. The Kier molecular flexibility index (Phi) is 5.64. The highest BCUT2D eigenvalue weighted by Crippen LogP contribution is 2.22. The zero-order valence-electron chi connectivity index (χ0n) is 10.2. The SMILES string of the molecule is CCNC(C)CCOc1cc(Cl)ccc1C. The van der Waals surface area contributed by atoms with Gasteiger partial charge in [-0.3, -0.25) is 0 Å². The summed E-state index contributed by atoms with van der Waals surface area (Å²) >= 11 is 5.92. The molecule has 1 unspecified atom stereocenters. The van der Waals surface area contributed by atoms with Crippen molar-refractivity contribution in [2.24, 2.45) is 0 Å². The van der Waals surface area contributed by atoms with Gasteiger partial charge in [0.15, 0.2) is 0 Å². The number of aryl methyl sites for hydroxylation is 1. The Labute approximate surface area is 103 Å². The van der Waals surface area contributed by atoms with E-state index in [0.29, 0.717) is 6.04 Å². The molecule has 16 heavy (non-hydrogen) atoms. The lowest BCUT2D eigenvalue weighted by Gasteiger charge is -2.14. The number of hydrogen-bond donors (Lipinski definition) is 1. The van der Waals surface area contributed by atoms with E-state index < -0.39 is 0 Å². The van der Waals surface area contributed by atoms with E-state index in [1.54, 1.807) is 0 Å². The summed E-state index contributed by atoms with van der Waals surface area (Å²) in [6, 6.07) is 6.22. The van der Waals surface area contributed by atoms with E-state index in [1.807, 2.05) is 25.1 Å². The molecule has 1 aromatic rings. The molecule has 2 nitrogen and oxygen atoms in total. The first-order chi connectivity index (χ1) is 7.63. The molecule has 3 heteroatoms. The third-order valence-electron chi connectivity index (χ3n) is 2.51. The fraction of sp³-hybridized carbons (Fsp3) is 0.538. The van der Waals surface area contributed by atoms with E-state index in [2.05, 4.69) is 19.2 Å². The molecule has 0 fully saturated rings. The third kappa shape index (κ3) is 4.42. The minimum absolute atomic E-state index is 0.490. The third-order valence-corrected chi connectivity index (χ3v) is 2.75. The van der Waals surface area contributed by atoms with Crippen LogP contribution in [0.25, 0.3) is 0 Å². The highest BCUT2D eigenvalue weighted by molar-refractivity contribution is 6.30. The maximum atomic E-state index is 5.92. The molecule has 0 aliphatic rings. The molecule has 0 aliphatic carbocycles. The second kappa shape index (κ2) is 6.77. The molecule has 1 atom stereocenters. The molecule has 0 bridgehead atoms. The first kappa shape index (κ1) is 13.3. The number of benzene rings is 1. The summed E-state index contributed by atoms with van der Waals surface area (Å²) in [4.78, 5) is 0. The van der Waals surface area contributed by atoms with Gasteiger partial charge in [-0.2, -0.15) is 0 Å². The van der Waals surface area contributed by atoms with Crippen LogP contribution in [0.15, 0.2) is 18.2 Å². The van der Waals surface area contributed by atoms with Crippen molar-refractivity contribution >= 4 is 11.6 Å². The van der Waals surface area contributed by atoms with Crippen molar-refractivity contribution in [3.05, 3.63) is 28.8 Å². The van der Waals surface area contributed by atoms with Crippen molar-refractivity contribution in [1.29, 1.82) is 0 Å². The molecule has 0 radical (unpaired) electrons. The Morgan fingerprint density at radius 2 is 2.19 bits per heavy atom. The van der Waals surface area contributed by atoms with Crippen LogP contribution in [-0.4, -0.2) is 19.2 Å². The van der Waals surface area contributed by atoms with Gasteiger partial charge in [0, 0.05) is 11.1 Å². The smallest absolute Gasteiger partial charge is 0.123 e. The molecule has 0 saturated carbocycles. The van der Waals surface area contributed by atoms with E-state index in [1.165, 1.54) is 0 Å². The van der Waals surface area contributed by atoms with E-state index >= 15 is 0 Å². The van der Waals surface area contributed by atoms with Crippen LogP contribution in [-0.2, 0) is 0 Å². The van der Waals surface area contributed by atoms with Crippen molar-refractivity contribution in [2.75, 3.05) is 13.2 Å². The summed E-state index contributed by atoms with van der Waals surface area (Å²) in [5.41, 5.74) is 1.13. The van der Waals surface area contributed by atoms with Gasteiger partial charge in [-0.25, -0.2) is 0 Å². The fourth-order valence-electron chi connectivity index (χ4n) is 1.53. The largest absolute Gasteiger partial charge is 0.493 e. The number of ether oxygens (including phenoxy) is 1. The molecule has 90 valence electrons. The van der Waals surface area contributed by atoms with Gasteiger partial charge >= 0.3 is 0 Å². The van der Waals surface area contributed by atoms with Crippen molar-refractivity contribution < 1.29 is 4.74 Å². The monoisotopic (exact) mass is 241 g/mol. The summed E-state index contributed by atoms with van der Waals surface area (Å²) < 4.78 is 5.71. The molecule has 0 heterocycles. The summed E-state index contributed by atoms with van der Waals surface area (Å²) in [7, 11) is 0. The van der Waals surface area contributed by atoms with Gasteiger partial charge in [0.05, 0.1) is 6.61 Å². The highest BCUT2D eigenvalue weighted by Gasteiger charge is 2.03. The molecule has 0 aliphatic heterocycles. The molecule has 0 aromatic heterocycles. The van der Waals surface area contributed by atoms with Gasteiger partial charge in [-0.05, 0) is 44.5 Å². The molecular formula is C13H20ClNO. The van der Waals surface area contributed by atoms with Gasteiger partial charge in [-0.1, -0.05) is 24.6 Å². The average Bonchev–Trinajstić information content (AvgIpc) is 2.23. The molecule has 1 rings (SSSR count). The number of halogens is 1. The Balaban J connectivity index is 2.39. The minimum Gasteiger partial charge on any atom is -0.493 e. The molecule has 0 amide bonds. The summed E-state index contributed by atoms with van der Waals surface area (Å²) in [6.45, 7) is 8.02. The van der Waals surface area contributed by atoms with Gasteiger partial charge in [0.1, 0.15) is 5.75 Å². The summed E-state index contributed by atoms with van der Waals surface area (Å²) in [5.74, 6) is 0.885. The average molecular weight is 242 g/mol. The van der Waals surface area contributed by atoms with Gasteiger partial charge in [0.2, 0.25) is 0 Å². The topological polar surface area (TPSA) is 21.3 Å². The maximum absolute atomic E-state index is 5.92. The van der Waals surface area contributed by atoms with Crippen LogP contribution in [0.1, 0.15) is 25.8 Å². The normalized spacial score (nSPS) is 12.5. The van der Waals surface area contributed by atoms with E-state index in [0.717, 1.165) is 35.9 Å². The zero-order valence-corrected chi connectivity index (χ0v) is 11.0. The number of rotatable bonds is 6. The lowest BCUT2D eigenvalue weighted by atomic mass is 10.2. The summed E-state index contributed by atoms with van der Waals surface area (Å²) in [6.07, 6.45) is 1.000.